The summed E-state index contributed by atoms with van der Waals surface area (Å²) < 4.78 is 0. The Morgan fingerprint density at radius 1 is 0.750 bits per heavy atom. The van der Waals surface area contributed by atoms with Gasteiger partial charge >= 0.3 is 0 Å². The van der Waals surface area contributed by atoms with E-state index >= 15 is 0 Å². The Morgan fingerprint density at radius 2 is 1.33 bits per heavy atom. The van der Waals surface area contributed by atoms with Crippen molar-refractivity contribution in [3.8, 4) is 5.75 Å². The topological polar surface area (TPSA) is 52.6 Å². The Balaban J connectivity index is 1.94. The number of phenols is 1. The molecule has 0 aromatic heterocycles. The third-order valence-corrected chi connectivity index (χ3v) is 6.53. The van der Waals surface area contributed by atoms with Crippen LogP contribution in [0.2, 0.25) is 0 Å². The second-order valence-electron chi connectivity index (χ2n) is 9.61. The van der Waals surface area contributed by atoms with E-state index < -0.39 is 0 Å². The van der Waals surface area contributed by atoms with E-state index in [2.05, 4.69) is 41.4 Å². The monoisotopic (exact) mass is 486 g/mol. The summed E-state index contributed by atoms with van der Waals surface area (Å²) in [6.07, 6.45) is 9.33. The number of nitrogens with one attached hydrogen (secondary N) is 1. The standard InChI is InChI=1S/C32H42N2O2/c1-3-5-6-7-8-15-21-28-22-23-29(33-30(35)16-4-2)31(32(28)36)34(24-26-17-11-9-12-18-26)25-27-19-13-10-14-20-27/h9-14,17-20,22-23,36H,3-8,15-16,21,24-25H2,1-2H3,(H,33,35). The maximum atomic E-state index is 12.6. The lowest BCUT2D eigenvalue weighted by Crippen LogP contribution is -2.24. The maximum Gasteiger partial charge on any atom is 0.224 e. The van der Waals surface area contributed by atoms with Gasteiger partial charge in [-0.15, -0.1) is 0 Å². The van der Waals surface area contributed by atoms with Gasteiger partial charge in [0.15, 0.2) is 0 Å². The van der Waals surface area contributed by atoms with E-state index in [-0.39, 0.29) is 11.7 Å². The summed E-state index contributed by atoms with van der Waals surface area (Å²) in [5.74, 6) is 0.255. The molecule has 4 heteroatoms. The molecular weight excluding hydrogens is 444 g/mol. The predicted molar refractivity (Wildman–Crippen MR) is 151 cm³/mol. The second-order valence-corrected chi connectivity index (χ2v) is 9.61. The van der Waals surface area contributed by atoms with Gasteiger partial charge in [0, 0.05) is 19.5 Å². The summed E-state index contributed by atoms with van der Waals surface area (Å²) in [5.41, 5.74) is 4.63. The summed E-state index contributed by atoms with van der Waals surface area (Å²) in [6.45, 7) is 5.48. The van der Waals surface area contributed by atoms with Gasteiger partial charge in [-0.25, -0.2) is 0 Å². The van der Waals surface area contributed by atoms with Gasteiger partial charge in [0.05, 0.1) is 5.69 Å². The van der Waals surface area contributed by atoms with Crippen molar-refractivity contribution in [3.63, 3.8) is 0 Å². The number of aromatic hydroxyl groups is 1. The van der Waals surface area contributed by atoms with Crippen LogP contribution in [0.4, 0.5) is 11.4 Å². The first-order valence-corrected chi connectivity index (χ1v) is 13.6. The normalized spacial score (nSPS) is 10.8. The van der Waals surface area contributed by atoms with Gasteiger partial charge in [0.1, 0.15) is 11.4 Å². The van der Waals surface area contributed by atoms with Crippen LogP contribution in [0.1, 0.15) is 81.9 Å². The molecule has 0 atom stereocenters. The number of nitrogens with zero attached hydrogens (tertiary/aromatic N) is 1. The van der Waals surface area contributed by atoms with E-state index in [1.165, 1.54) is 32.1 Å². The molecule has 192 valence electrons. The van der Waals surface area contributed by atoms with Gasteiger partial charge in [-0.2, -0.15) is 0 Å². The van der Waals surface area contributed by atoms with E-state index in [0.29, 0.717) is 30.9 Å². The molecule has 3 aromatic rings. The zero-order valence-electron chi connectivity index (χ0n) is 22.0. The summed E-state index contributed by atoms with van der Waals surface area (Å²) >= 11 is 0. The number of benzene rings is 3. The number of hydrogen-bond acceptors (Lipinski definition) is 3. The molecule has 3 rings (SSSR count). The minimum Gasteiger partial charge on any atom is -0.505 e. The zero-order chi connectivity index (χ0) is 25.6. The fourth-order valence-electron chi connectivity index (χ4n) is 4.60. The SMILES string of the molecule is CCCCCCCCc1ccc(NC(=O)CCC)c(N(Cc2ccccc2)Cc2ccccc2)c1O. The summed E-state index contributed by atoms with van der Waals surface area (Å²) in [7, 11) is 0. The molecule has 0 saturated carbocycles. The number of anilines is 2. The van der Waals surface area contributed by atoms with Crippen molar-refractivity contribution in [3.05, 3.63) is 89.5 Å². The van der Waals surface area contributed by atoms with Gasteiger partial charge in [0.2, 0.25) is 5.91 Å². The highest BCUT2D eigenvalue weighted by atomic mass is 16.3. The van der Waals surface area contributed by atoms with Crippen molar-refractivity contribution in [2.45, 2.75) is 84.7 Å². The molecule has 0 radical (unpaired) electrons. The Hall–Kier alpha value is -3.27. The van der Waals surface area contributed by atoms with Crippen molar-refractivity contribution in [2.24, 2.45) is 0 Å². The highest BCUT2D eigenvalue weighted by Crippen LogP contribution is 2.41. The van der Waals surface area contributed by atoms with E-state index in [9.17, 15) is 9.90 Å². The lowest BCUT2D eigenvalue weighted by atomic mass is 10.0. The Kier molecular flexibility index (Phi) is 11.4. The first-order chi connectivity index (χ1) is 17.6. The van der Waals surface area contributed by atoms with Crippen LogP contribution < -0.4 is 10.2 Å². The van der Waals surface area contributed by atoms with Crippen molar-refractivity contribution < 1.29 is 9.90 Å². The molecule has 0 aliphatic heterocycles. The van der Waals surface area contributed by atoms with Crippen LogP contribution in [0.25, 0.3) is 0 Å². The molecule has 4 nitrogen and oxygen atoms in total. The van der Waals surface area contributed by atoms with Crippen LogP contribution in [0.3, 0.4) is 0 Å². The number of carbonyl (C=O) groups is 1. The quantitative estimate of drug-likeness (QED) is 0.213. The Bertz CT molecular complexity index is 1010. The largest absolute Gasteiger partial charge is 0.505 e. The van der Waals surface area contributed by atoms with Crippen LogP contribution in [0, 0.1) is 0 Å². The van der Waals surface area contributed by atoms with Gasteiger partial charge in [-0.3, -0.25) is 4.79 Å². The molecule has 0 aliphatic carbocycles. The molecule has 2 N–H and O–H groups in total. The number of unbranched alkanes of at least 4 members (excludes halogenated alkanes) is 5. The third-order valence-electron chi connectivity index (χ3n) is 6.53. The molecule has 0 spiro atoms. The van der Waals surface area contributed by atoms with E-state index in [1.807, 2.05) is 55.5 Å². The molecular formula is C32H42N2O2. The first-order valence-electron chi connectivity index (χ1n) is 13.6. The van der Waals surface area contributed by atoms with Crippen LogP contribution >= 0.6 is 0 Å². The van der Waals surface area contributed by atoms with Crippen molar-refractivity contribution >= 4 is 17.3 Å². The Morgan fingerprint density at radius 3 is 1.92 bits per heavy atom. The number of aryl methyl sites for hydroxylation is 1. The summed E-state index contributed by atoms with van der Waals surface area (Å²) in [5, 5.41) is 14.7. The molecule has 3 aromatic carbocycles. The van der Waals surface area contributed by atoms with E-state index in [0.717, 1.165) is 36.0 Å². The van der Waals surface area contributed by atoms with Crippen LogP contribution in [0.5, 0.6) is 5.75 Å². The second kappa shape index (κ2) is 15.0. The van der Waals surface area contributed by atoms with Crippen LogP contribution in [0.15, 0.2) is 72.8 Å². The average molecular weight is 487 g/mol. The molecule has 0 heterocycles. The predicted octanol–water partition coefficient (Wildman–Crippen LogP) is 8.24. The lowest BCUT2D eigenvalue weighted by Gasteiger charge is -2.29. The molecule has 0 fully saturated rings. The fourth-order valence-corrected chi connectivity index (χ4v) is 4.60. The molecule has 36 heavy (non-hydrogen) atoms. The number of rotatable bonds is 15. The van der Waals surface area contributed by atoms with E-state index in [4.69, 9.17) is 0 Å². The van der Waals surface area contributed by atoms with Crippen LogP contribution in [-0.4, -0.2) is 11.0 Å². The zero-order valence-corrected chi connectivity index (χ0v) is 22.0. The summed E-state index contributed by atoms with van der Waals surface area (Å²) in [4.78, 5) is 14.8. The highest BCUT2D eigenvalue weighted by molar-refractivity contribution is 5.96. The number of phenolic OH excluding ortho intramolecular Hbond substituents is 1. The van der Waals surface area contributed by atoms with Crippen molar-refractivity contribution in [1.82, 2.24) is 0 Å². The fraction of sp³-hybridized carbons (Fsp3) is 0.406. The Labute approximate surface area is 217 Å². The average Bonchev–Trinajstić information content (AvgIpc) is 2.88. The smallest absolute Gasteiger partial charge is 0.224 e. The van der Waals surface area contributed by atoms with E-state index in [1.54, 1.807) is 0 Å². The van der Waals surface area contributed by atoms with Crippen molar-refractivity contribution in [2.75, 3.05) is 10.2 Å². The molecule has 0 saturated heterocycles. The number of amides is 1. The minimum atomic E-state index is -0.0267. The molecule has 1 amide bonds. The van der Waals surface area contributed by atoms with Gasteiger partial charge in [-0.05, 0) is 42.0 Å². The number of carbonyl (C=O) groups excluding carboxylic acids is 1. The van der Waals surface area contributed by atoms with Gasteiger partial charge < -0.3 is 15.3 Å². The molecule has 0 aliphatic rings. The van der Waals surface area contributed by atoms with Gasteiger partial charge in [-0.1, -0.05) is 113 Å². The van der Waals surface area contributed by atoms with Crippen LogP contribution in [-0.2, 0) is 24.3 Å². The first kappa shape index (κ1) is 27.3. The molecule has 0 bridgehead atoms. The summed E-state index contributed by atoms with van der Waals surface area (Å²) in [6, 6.07) is 24.5. The number of hydrogen-bond donors (Lipinski definition) is 2. The molecule has 0 unspecified atom stereocenters. The highest BCUT2D eigenvalue weighted by Gasteiger charge is 2.21. The van der Waals surface area contributed by atoms with Crippen molar-refractivity contribution in [1.29, 1.82) is 0 Å². The van der Waals surface area contributed by atoms with Gasteiger partial charge in [0.25, 0.3) is 0 Å². The minimum absolute atomic E-state index is 0.0267. The maximum absolute atomic E-state index is 12.6. The lowest BCUT2D eigenvalue weighted by molar-refractivity contribution is -0.116. The third kappa shape index (κ3) is 8.44.